The predicted octanol–water partition coefficient (Wildman–Crippen LogP) is 3.60. The first-order chi connectivity index (χ1) is 11.8. The average molecular weight is 411 g/mol. The minimum absolute atomic E-state index is 0.00831. The van der Waals surface area contributed by atoms with E-state index in [2.05, 4.69) is 26.3 Å². The number of anilines is 1. The normalized spacial score (nSPS) is 10.6. The monoisotopic (exact) mass is 410 g/mol. The zero-order valence-corrected chi connectivity index (χ0v) is 15.8. The van der Waals surface area contributed by atoms with Crippen LogP contribution in [-0.4, -0.2) is 27.2 Å². The van der Waals surface area contributed by atoms with E-state index in [0.29, 0.717) is 29.4 Å². The number of nitrogens with zero attached hydrogens (tertiary/aromatic N) is 3. The lowest BCUT2D eigenvalue weighted by atomic mass is 10.2. The molecule has 0 aliphatic rings. The molecule has 0 spiro atoms. The summed E-state index contributed by atoms with van der Waals surface area (Å²) in [4.78, 5) is 22.8. The fourth-order valence-corrected chi connectivity index (χ4v) is 2.83. The number of nitro groups is 1. The van der Waals surface area contributed by atoms with Crippen LogP contribution in [0.15, 0.2) is 22.7 Å². The van der Waals surface area contributed by atoms with Gasteiger partial charge in [-0.2, -0.15) is 5.10 Å². The molecule has 0 aliphatic heterocycles. The zero-order valence-electron chi connectivity index (χ0n) is 14.2. The smallest absolute Gasteiger partial charge is 0.312 e. The molecular formula is C16H19BrN4O4. The van der Waals surface area contributed by atoms with Crippen LogP contribution >= 0.6 is 15.9 Å². The highest BCUT2D eigenvalue weighted by atomic mass is 79.9. The van der Waals surface area contributed by atoms with Crippen LogP contribution < -0.4 is 10.1 Å². The summed E-state index contributed by atoms with van der Waals surface area (Å²) >= 11 is 3.36. The summed E-state index contributed by atoms with van der Waals surface area (Å²) in [6, 6.07) is 5.36. The van der Waals surface area contributed by atoms with Gasteiger partial charge in [0.15, 0.2) is 0 Å². The number of carbonyl (C=O) groups excluding carboxylic acids is 1. The lowest BCUT2D eigenvalue weighted by molar-refractivity contribution is -0.386. The van der Waals surface area contributed by atoms with Gasteiger partial charge in [-0.1, -0.05) is 15.9 Å². The van der Waals surface area contributed by atoms with Crippen molar-refractivity contribution in [3.05, 3.63) is 44.2 Å². The molecule has 0 saturated heterocycles. The van der Waals surface area contributed by atoms with Gasteiger partial charge < -0.3 is 10.1 Å². The van der Waals surface area contributed by atoms with Crippen LogP contribution in [0.3, 0.4) is 0 Å². The highest BCUT2D eigenvalue weighted by molar-refractivity contribution is 9.10. The molecule has 0 radical (unpaired) electrons. The second-order valence-corrected chi connectivity index (χ2v) is 6.29. The lowest BCUT2D eigenvalue weighted by Gasteiger charge is -2.12. The molecule has 9 heteroatoms. The van der Waals surface area contributed by atoms with Crippen LogP contribution in [0.2, 0.25) is 0 Å². The second-order valence-electron chi connectivity index (χ2n) is 5.37. The first-order valence-corrected chi connectivity index (χ1v) is 8.53. The van der Waals surface area contributed by atoms with Crippen molar-refractivity contribution in [1.29, 1.82) is 0 Å². The van der Waals surface area contributed by atoms with Gasteiger partial charge >= 0.3 is 5.69 Å². The Morgan fingerprint density at radius 2 is 2.16 bits per heavy atom. The summed E-state index contributed by atoms with van der Waals surface area (Å²) in [5, 5.41) is 18.0. The number of hydrogen-bond donors (Lipinski definition) is 1. The second kappa shape index (κ2) is 8.11. The van der Waals surface area contributed by atoms with Crippen molar-refractivity contribution < 1.29 is 14.5 Å². The van der Waals surface area contributed by atoms with Crippen LogP contribution in [-0.2, 0) is 11.3 Å². The van der Waals surface area contributed by atoms with Crippen molar-refractivity contribution in [2.75, 3.05) is 11.9 Å². The lowest BCUT2D eigenvalue weighted by Crippen LogP contribution is -2.16. The Morgan fingerprint density at radius 3 is 2.76 bits per heavy atom. The molecule has 0 saturated carbocycles. The van der Waals surface area contributed by atoms with Crippen molar-refractivity contribution in [2.45, 2.75) is 33.7 Å². The molecule has 2 rings (SSSR count). The summed E-state index contributed by atoms with van der Waals surface area (Å²) in [6.45, 7) is 5.81. The maximum absolute atomic E-state index is 12.2. The minimum atomic E-state index is -0.454. The van der Waals surface area contributed by atoms with Gasteiger partial charge in [-0.25, -0.2) is 0 Å². The molecule has 8 nitrogen and oxygen atoms in total. The van der Waals surface area contributed by atoms with Crippen LogP contribution in [0, 0.1) is 24.0 Å². The summed E-state index contributed by atoms with van der Waals surface area (Å²) in [7, 11) is 0. The molecule has 1 aromatic heterocycles. The van der Waals surface area contributed by atoms with Gasteiger partial charge in [0.05, 0.1) is 23.8 Å². The third-order valence-electron chi connectivity index (χ3n) is 3.59. The van der Waals surface area contributed by atoms with Gasteiger partial charge in [-0.15, -0.1) is 0 Å². The fourth-order valence-electron chi connectivity index (χ4n) is 2.47. The van der Waals surface area contributed by atoms with Gasteiger partial charge in [0.1, 0.15) is 17.1 Å². The molecule has 1 amide bonds. The van der Waals surface area contributed by atoms with Crippen molar-refractivity contribution in [3.63, 3.8) is 0 Å². The molecule has 1 aromatic carbocycles. The standard InChI is InChI=1S/C16H19BrN4O4/c1-4-25-14-6-5-12(17)9-13(14)18-15(22)7-8-20-11(3)16(21(23)24)10(2)19-20/h5-6,9H,4,7-8H2,1-3H3,(H,18,22). The number of carbonyl (C=O) groups is 1. The highest BCUT2D eigenvalue weighted by Gasteiger charge is 2.22. The van der Waals surface area contributed by atoms with E-state index in [1.807, 2.05) is 13.0 Å². The van der Waals surface area contributed by atoms with Gasteiger partial charge in [0.2, 0.25) is 5.91 Å². The van der Waals surface area contributed by atoms with Crippen molar-refractivity contribution >= 4 is 33.2 Å². The largest absolute Gasteiger partial charge is 0.492 e. The van der Waals surface area contributed by atoms with Crippen molar-refractivity contribution in [2.24, 2.45) is 0 Å². The minimum Gasteiger partial charge on any atom is -0.492 e. The Hall–Kier alpha value is -2.42. The predicted molar refractivity (Wildman–Crippen MR) is 96.9 cm³/mol. The fraction of sp³-hybridized carbons (Fsp3) is 0.375. The van der Waals surface area contributed by atoms with Crippen molar-refractivity contribution in [3.8, 4) is 5.75 Å². The summed E-state index contributed by atoms with van der Waals surface area (Å²) in [6.07, 6.45) is 0.136. The van der Waals surface area contributed by atoms with Crippen LogP contribution in [0.25, 0.3) is 0 Å². The summed E-state index contributed by atoms with van der Waals surface area (Å²) in [5.74, 6) is 0.357. The number of rotatable bonds is 7. The quantitative estimate of drug-likeness (QED) is 0.555. The van der Waals surface area contributed by atoms with E-state index in [9.17, 15) is 14.9 Å². The Kier molecular flexibility index (Phi) is 6.13. The Bertz CT molecular complexity index is 804. The van der Waals surface area contributed by atoms with Gasteiger partial charge in [0.25, 0.3) is 0 Å². The first-order valence-electron chi connectivity index (χ1n) is 7.74. The zero-order chi connectivity index (χ0) is 18.6. The molecular weight excluding hydrogens is 392 g/mol. The van der Waals surface area contributed by atoms with E-state index >= 15 is 0 Å². The maximum atomic E-state index is 12.2. The van der Waals surface area contributed by atoms with Crippen molar-refractivity contribution in [1.82, 2.24) is 9.78 Å². The van der Waals surface area contributed by atoms with E-state index in [0.717, 1.165) is 4.47 Å². The molecule has 0 unspecified atom stereocenters. The SMILES string of the molecule is CCOc1ccc(Br)cc1NC(=O)CCn1nc(C)c([N+](=O)[O-])c1C. The highest BCUT2D eigenvalue weighted by Crippen LogP contribution is 2.28. The summed E-state index contributed by atoms with van der Waals surface area (Å²) in [5.41, 5.74) is 1.34. The Labute approximate surface area is 153 Å². The number of benzene rings is 1. The third-order valence-corrected chi connectivity index (χ3v) is 4.09. The molecule has 1 N–H and O–H groups in total. The number of halogens is 1. The van der Waals surface area contributed by atoms with Crippen LogP contribution in [0.5, 0.6) is 5.75 Å². The van der Waals surface area contributed by atoms with Gasteiger partial charge in [0, 0.05) is 10.9 Å². The average Bonchev–Trinajstić information content (AvgIpc) is 2.82. The van der Waals surface area contributed by atoms with Gasteiger partial charge in [-0.3, -0.25) is 19.6 Å². The molecule has 134 valence electrons. The topological polar surface area (TPSA) is 99.3 Å². The number of ether oxygens (including phenoxy) is 1. The Balaban J connectivity index is 2.06. The number of nitrogens with one attached hydrogen (secondary N) is 1. The molecule has 0 fully saturated rings. The Morgan fingerprint density at radius 1 is 1.44 bits per heavy atom. The van der Waals surface area contributed by atoms with E-state index < -0.39 is 4.92 Å². The van der Waals surface area contributed by atoms with E-state index in [-0.39, 0.29) is 24.6 Å². The molecule has 25 heavy (non-hydrogen) atoms. The van der Waals surface area contributed by atoms with Gasteiger partial charge in [-0.05, 0) is 39.0 Å². The number of amides is 1. The molecule has 0 bridgehead atoms. The summed E-state index contributed by atoms with van der Waals surface area (Å²) < 4.78 is 7.80. The molecule has 0 atom stereocenters. The maximum Gasteiger partial charge on any atom is 0.312 e. The van der Waals surface area contributed by atoms with E-state index in [4.69, 9.17) is 4.74 Å². The number of aromatic nitrogens is 2. The first kappa shape index (κ1) is 18.9. The molecule has 1 heterocycles. The van der Waals surface area contributed by atoms with E-state index in [1.54, 1.807) is 26.0 Å². The number of hydrogen-bond acceptors (Lipinski definition) is 5. The molecule has 2 aromatic rings. The number of aryl methyl sites for hydroxylation is 2. The van der Waals surface area contributed by atoms with E-state index in [1.165, 1.54) is 4.68 Å². The van der Waals surface area contributed by atoms with Crippen LogP contribution in [0.4, 0.5) is 11.4 Å². The molecule has 0 aliphatic carbocycles. The van der Waals surface area contributed by atoms with Crippen LogP contribution in [0.1, 0.15) is 24.7 Å². The third kappa shape index (κ3) is 4.56.